The standard InChI is InChI=1S/C18H27N7O/c1-12-13(2)21-16(18(26)24(5)11-15-19-7-8-20-15)22-17(12)25-9-6-14(10-25)23(3)4/h7-8,14H,6,9-11H2,1-5H3,(H,19,20)/t14-/m1/s1. The van der Waals surface area contributed by atoms with Gasteiger partial charge in [0.05, 0.1) is 6.54 Å². The number of carbonyl (C=O) groups is 1. The highest BCUT2D eigenvalue weighted by atomic mass is 16.2. The molecule has 1 atom stereocenters. The third-order valence-corrected chi connectivity index (χ3v) is 5.04. The molecule has 8 nitrogen and oxygen atoms in total. The Morgan fingerprint density at radius 3 is 2.69 bits per heavy atom. The van der Waals surface area contributed by atoms with Gasteiger partial charge in [0.1, 0.15) is 11.6 Å². The first kappa shape index (κ1) is 18.3. The minimum Gasteiger partial charge on any atom is -0.355 e. The van der Waals surface area contributed by atoms with Crippen molar-refractivity contribution in [3.8, 4) is 0 Å². The van der Waals surface area contributed by atoms with E-state index in [2.05, 4.69) is 43.8 Å². The highest BCUT2D eigenvalue weighted by molar-refractivity contribution is 5.90. The Kier molecular flexibility index (Phi) is 5.22. The Labute approximate surface area is 154 Å². The summed E-state index contributed by atoms with van der Waals surface area (Å²) in [4.78, 5) is 35.1. The lowest BCUT2D eigenvalue weighted by Crippen LogP contribution is -2.33. The zero-order valence-corrected chi connectivity index (χ0v) is 16.2. The summed E-state index contributed by atoms with van der Waals surface area (Å²) in [5.74, 6) is 1.65. The molecule has 1 amide bonds. The van der Waals surface area contributed by atoms with Crippen LogP contribution in [0.1, 0.15) is 34.1 Å². The van der Waals surface area contributed by atoms with Crippen molar-refractivity contribution in [3.63, 3.8) is 0 Å². The maximum atomic E-state index is 12.8. The predicted molar refractivity (Wildman–Crippen MR) is 100 cm³/mol. The van der Waals surface area contributed by atoms with Crippen molar-refractivity contribution in [1.29, 1.82) is 0 Å². The van der Waals surface area contributed by atoms with Gasteiger partial charge in [-0.3, -0.25) is 4.79 Å². The molecule has 1 fully saturated rings. The molecule has 1 saturated heterocycles. The van der Waals surface area contributed by atoms with Crippen LogP contribution in [-0.4, -0.2) is 75.9 Å². The number of aryl methyl sites for hydroxylation is 1. The summed E-state index contributed by atoms with van der Waals surface area (Å²) in [7, 11) is 5.94. The normalized spacial score (nSPS) is 17.2. The SMILES string of the molecule is Cc1nc(C(=O)N(C)Cc2ncc[nH]2)nc(N2CC[C@@H](N(C)C)C2)c1C. The number of nitrogens with zero attached hydrogens (tertiary/aromatic N) is 6. The van der Waals surface area contributed by atoms with Gasteiger partial charge in [-0.15, -0.1) is 0 Å². The molecule has 2 aromatic rings. The van der Waals surface area contributed by atoms with Gasteiger partial charge < -0.3 is 19.7 Å². The number of imidazole rings is 1. The summed E-state index contributed by atoms with van der Waals surface area (Å²) >= 11 is 0. The summed E-state index contributed by atoms with van der Waals surface area (Å²) in [6.45, 7) is 6.21. The van der Waals surface area contributed by atoms with Gasteiger partial charge in [0.25, 0.3) is 5.91 Å². The third-order valence-electron chi connectivity index (χ3n) is 5.04. The molecule has 26 heavy (non-hydrogen) atoms. The average molecular weight is 357 g/mol. The lowest BCUT2D eigenvalue weighted by Gasteiger charge is -2.23. The molecule has 8 heteroatoms. The number of nitrogens with one attached hydrogen (secondary N) is 1. The molecule has 0 radical (unpaired) electrons. The van der Waals surface area contributed by atoms with E-state index >= 15 is 0 Å². The van der Waals surface area contributed by atoms with Crippen LogP contribution in [-0.2, 0) is 6.54 Å². The molecule has 1 N–H and O–H groups in total. The van der Waals surface area contributed by atoms with Gasteiger partial charge in [-0.1, -0.05) is 0 Å². The smallest absolute Gasteiger partial charge is 0.291 e. The van der Waals surface area contributed by atoms with Crippen LogP contribution in [0.25, 0.3) is 0 Å². The second-order valence-corrected chi connectivity index (χ2v) is 7.13. The first-order valence-corrected chi connectivity index (χ1v) is 8.87. The molecular weight excluding hydrogens is 330 g/mol. The number of rotatable bonds is 5. The van der Waals surface area contributed by atoms with E-state index < -0.39 is 0 Å². The fourth-order valence-corrected chi connectivity index (χ4v) is 3.22. The van der Waals surface area contributed by atoms with Crippen molar-refractivity contribution in [2.45, 2.75) is 32.9 Å². The summed E-state index contributed by atoms with van der Waals surface area (Å²) in [5, 5.41) is 0. The highest BCUT2D eigenvalue weighted by Crippen LogP contribution is 2.25. The van der Waals surface area contributed by atoms with Gasteiger partial charge in [-0.25, -0.2) is 15.0 Å². The van der Waals surface area contributed by atoms with E-state index in [1.165, 1.54) is 0 Å². The highest BCUT2D eigenvalue weighted by Gasteiger charge is 2.28. The topological polar surface area (TPSA) is 81.2 Å². The van der Waals surface area contributed by atoms with Gasteiger partial charge in [0.2, 0.25) is 5.82 Å². The molecule has 1 aliphatic heterocycles. The lowest BCUT2D eigenvalue weighted by atomic mass is 10.2. The van der Waals surface area contributed by atoms with Crippen molar-refractivity contribution >= 4 is 11.7 Å². The van der Waals surface area contributed by atoms with E-state index in [4.69, 9.17) is 0 Å². The van der Waals surface area contributed by atoms with E-state index in [-0.39, 0.29) is 11.7 Å². The molecule has 0 spiro atoms. The lowest BCUT2D eigenvalue weighted by molar-refractivity contribution is 0.0769. The Hall–Kier alpha value is -2.48. The summed E-state index contributed by atoms with van der Waals surface area (Å²) in [6.07, 6.45) is 4.51. The van der Waals surface area contributed by atoms with E-state index in [0.29, 0.717) is 12.6 Å². The molecule has 0 saturated carbocycles. The van der Waals surface area contributed by atoms with Crippen molar-refractivity contribution in [3.05, 3.63) is 35.3 Å². The number of aromatic nitrogens is 4. The zero-order chi connectivity index (χ0) is 18.8. The van der Waals surface area contributed by atoms with Crippen LogP contribution in [0.15, 0.2) is 12.4 Å². The van der Waals surface area contributed by atoms with E-state index in [1.807, 2.05) is 13.8 Å². The first-order chi connectivity index (χ1) is 12.4. The molecule has 0 unspecified atom stereocenters. The minimum absolute atomic E-state index is 0.200. The second-order valence-electron chi connectivity index (χ2n) is 7.13. The zero-order valence-electron chi connectivity index (χ0n) is 16.2. The van der Waals surface area contributed by atoms with Crippen LogP contribution in [0.5, 0.6) is 0 Å². The third kappa shape index (κ3) is 3.70. The number of hydrogen-bond donors (Lipinski definition) is 1. The Morgan fingerprint density at radius 2 is 2.08 bits per heavy atom. The van der Waals surface area contributed by atoms with Crippen molar-refractivity contribution in [2.75, 3.05) is 39.1 Å². The van der Waals surface area contributed by atoms with E-state index in [1.54, 1.807) is 24.3 Å². The summed E-state index contributed by atoms with van der Waals surface area (Å²) in [5.41, 5.74) is 1.88. The molecule has 3 rings (SSSR count). The molecule has 0 aliphatic carbocycles. The van der Waals surface area contributed by atoms with E-state index in [9.17, 15) is 4.79 Å². The van der Waals surface area contributed by atoms with Crippen LogP contribution in [0.3, 0.4) is 0 Å². The fourth-order valence-electron chi connectivity index (χ4n) is 3.22. The van der Waals surface area contributed by atoms with E-state index in [0.717, 1.165) is 42.4 Å². The van der Waals surface area contributed by atoms with Gasteiger partial charge >= 0.3 is 0 Å². The molecule has 1 aliphatic rings. The molecule has 3 heterocycles. The van der Waals surface area contributed by atoms with Gasteiger partial charge in [0, 0.05) is 49.8 Å². The molecular formula is C18H27N7O. The van der Waals surface area contributed by atoms with Gasteiger partial charge in [0.15, 0.2) is 0 Å². The number of amides is 1. The first-order valence-electron chi connectivity index (χ1n) is 8.87. The van der Waals surface area contributed by atoms with Crippen LogP contribution in [0.2, 0.25) is 0 Å². The van der Waals surface area contributed by atoms with Crippen LogP contribution < -0.4 is 4.90 Å². The number of carbonyl (C=O) groups excluding carboxylic acids is 1. The summed E-state index contributed by atoms with van der Waals surface area (Å²) < 4.78 is 0. The maximum absolute atomic E-state index is 12.8. The fraction of sp³-hybridized carbons (Fsp3) is 0.556. The molecule has 0 bridgehead atoms. The number of likely N-dealkylation sites (N-methyl/N-ethyl adjacent to an activating group) is 1. The number of aromatic amines is 1. The number of H-pyrrole nitrogens is 1. The Morgan fingerprint density at radius 1 is 1.31 bits per heavy atom. The monoisotopic (exact) mass is 357 g/mol. The molecule has 0 aromatic carbocycles. The Bertz CT molecular complexity index is 772. The summed E-state index contributed by atoms with van der Waals surface area (Å²) in [6, 6.07) is 0.505. The minimum atomic E-state index is -0.200. The number of anilines is 1. The van der Waals surface area contributed by atoms with Gasteiger partial charge in [-0.2, -0.15) is 0 Å². The van der Waals surface area contributed by atoms with Gasteiger partial charge in [-0.05, 0) is 34.4 Å². The number of hydrogen-bond acceptors (Lipinski definition) is 6. The van der Waals surface area contributed by atoms with Crippen LogP contribution in [0.4, 0.5) is 5.82 Å². The van der Waals surface area contributed by atoms with Crippen molar-refractivity contribution < 1.29 is 4.79 Å². The van der Waals surface area contributed by atoms with Crippen LogP contribution in [0, 0.1) is 13.8 Å². The van der Waals surface area contributed by atoms with Crippen LogP contribution >= 0.6 is 0 Å². The predicted octanol–water partition coefficient (Wildman–Crippen LogP) is 1.23. The second kappa shape index (κ2) is 7.41. The maximum Gasteiger partial charge on any atom is 0.291 e. The molecule has 2 aromatic heterocycles. The average Bonchev–Trinajstić information content (AvgIpc) is 3.28. The molecule has 140 valence electrons. The largest absolute Gasteiger partial charge is 0.355 e. The quantitative estimate of drug-likeness (QED) is 0.867. The van der Waals surface area contributed by atoms with Crippen molar-refractivity contribution in [1.82, 2.24) is 29.7 Å². The van der Waals surface area contributed by atoms with Crippen molar-refractivity contribution in [2.24, 2.45) is 0 Å². The Balaban J connectivity index is 1.82.